The topological polar surface area (TPSA) is 95.9 Å². The molecule has 0 spiro atoms. The summed E-state index contributed by atoms with van der Waals surface area (Å²) in [5.41, 5.74) is 1.82. The van der Waals surface area contributed by atoms with Crippen LogP contribution in [-0.2, 0) is 14.4 Å². The minimum Gasteiger partial charge on any atom is -0.484 e. The summed E-state index contributed by atoms with van der Waals surface area (Å²) in [5.74, 6) is 0.581. The molecule has 1 aromatic carbocycles. The van der Waals surface area contributed by atoms with Crippen molar-refractivity contribution < 1.29 is 19.1 Å². The highest BCUT2D eigenvalue weighted by molar-refractivity contribution is 7.10. The predicted molar refractivity (Wildman–Crippen MR) is 148 cm³/mol. The second kappa shape index (κ2) is 12.4. The van der Waals surface area contributed by atoms with Crippen LogP contribution in [0.3, 0.4) is 0 Å². The van der Waals surface area contributed by atoms with Gasteiger partial charge in [-0.25, -0.2) is 4.98 Å². The summed E-state index contributed by atoms with van der Waals surface area (Å²) in [5, 5.41) is 2.85. The maximum Gasteiger partial charge on any atom is 0.261 e. The van der Waals surface area contributed by atoms with Gasteiger partial charge in [-0.2, -0.15) is 0 Å². The van der Waals surface area contributed by atoms with Crippen molar-refractivity contribution in [1.29, 1.82) is 0 Å². The Hall–Kier alpha value is -3.79. The van der Waals surface area contributed by atoms with Gasteiger partial charge in [-0.05, 0) is 43.5 Å². The van der Waals surface area contributed by atoms with Crippen LogP contribution in [0.4, 0.5) is 0 Å². The molecule has 2 fully saturated rings. The van der Waals surface area contributed by atoms with Crippen molar-refractivity contribution in [2.75, 3.05) is 39.3 Å². The molecular weight excluding hydrogens is 514 g/mol. The van der Waals surface area contributed by atoms with Gasteiger partial charge in [-0.1, -0.05) is 18.2 Å². The average Bonchev–Trinajstić information content (AvgIpc) is 3.36. The molecule has 204 valence electrons. The molecule has 10 heteroatoms. The molecule has 2 saturated heterocycles. The normalized spacial score (nSPS) is 18.5. The van der Waals surface area contributed by atoms with Gasteiger partial charge in [0.2, 0.25) is 11.8 Å². The molecule has 5 rings (SSSR count). The van der Waals surface area contributed by atoms with Crippen LogP contribution in [0.15, 0.2) is 60.2 Å². The summed E-state index contributed by atoms with van der Waals surface area (Å²) in [4.78, 5) is 53.2. The van der Waals surface area contributed by atoms with E-state index >= 15 is 0 Å². The summed E-state index contributed by atoms with van der Waals surface area (Å²) in [7, 11) is 0. The number of rotatable bonds is 6. The van der Waals surface area contributed by atoms with Crippen LogP contribution in [0.5, 0.6) is 5.75 Å². The monoisotopic (exact) mass is 547 g/mol. The fourth-order valence-corrected chi connectivity index (χ4v) is 6.22. The smallest absolute Gasteiger partial charge is 0.261 e. The first kappa shape index (κ1) is 26.8. The van der Waals surface area contributed by atoms with Crippen LogP contribution in [0.2, 0.25) is 0 Å². The van der Waals surface area contributed by atoms with E-state index in [9.17, 15) is 14.4 Å². The molecule has 3 aromatic rings. The molecule has 2 aliphatic rings. The van der Waals surface area contributed by atoms with Gasteiger partial charge >= 0.3 is 0 Å². The van der Waals surface area contributed by atoms with Gasteiger partial charge in [0.1, 0.15) is 10.8 Å². The van der Waals surface area contributed by atoms with E-state index in [-0.39, 0.29) is 36.3 Å². The highest BCUT2D eigenvalue weighted by Crippen LogP contribution is 2.33. The first-order chi connectivity index (χ1) is 19.0. The molecule has 0 saturated carbocycles. The number of hydrogen-bond acceptors (Lipinski definition) is 7. The van der Waals surface area contributed by atoms with E-state index in [0.29, 0.717) is 57.7 Å². The molecule has 9 nitrogen and oxygen atoms in total. The van der Waals surface area contributed by atoms with Gasteiger partial charge in [0.05, 0.1) is 11.7 Å². The van der Waals surface area contributed by atoms with Crippen LogP contribution in [0, 0.1) is 5.92 Å². The zero-order valence-electron chi connectivity index (χ0n) is 22.1. The van der Waals surface area contributed by atoms with Crippen molar-refractivity contribution in [3.8, 4) is 17.0 Å². The maximum atomic E-state index is 13.5. The molecule has 1 atom stereocenters. The number of benzene rings is 1. The fraction of sp³-hybridized carbons (Fsp3) is 0.414. The summed E-state index contributed by atoms with van der Waals surface area (Å²) >= 11 is 1.53. The summed E-state index contributed by atoms with van der Waals surface area (Å²) in [6, 6.07) is 12.9. The zero-order valence-corrected chi connectivity index (χ0v) is 22.9. The van der Waals surface area contributed by atoms with Crippen molar-refractivity contribution in [2.24, 2.45) is 5.92 Å². The Kier molecular flexibility index (Phi) is 8.51. The average molecular weight is 548 g/mol. The molecule has 0 radical (unpaired) electrons. The number of carbonyl (C=O) groups is 3. The van der Waals surface area contributed by atoms with Crippen LogP contribution < -0.4 is 4.74 Å². The largest absolute Gasteiger partial charge is 0.484 e. The van der Waals surface area contributed by atoms with Gasteiger partial charge in [0.15, 0.2) is 6.61 Å². The molecule has 2 aliphatic heterocycles. The second-order valence-corrected chi connectivity index (χ2v) is 10.8. The summed E-state index contributed by atoms with van der Waals surface area (Å²) < 4.78 is 5.79. The molecule has 3 amide bonds. The fourth-order valence-electron chi connectivity index (χ4n) is 5.25. The number of hydrogen-bond donors (Lipinski definition) is 0. The third kappa shape index (κ3) is 6.44. The number of likely N-dealkylation sites (tertiary alicyclic amines) is 1. The summed E-state index contributed by atoms with van der Waals surface area (Å²) in [6.45, 7) is 4.13. The zero-order chi connectivity index (χ0) is 27.2. The van der Waals surface area contributed by atoms with E-state index in [1.54, 1.807) is 24.2 Å². The predicted octanol–water partition coefficient (Wildman–Crippen LogP) is 3.64. The first-order valence-corrected chi connectivity index (χ1v) is 14.2. The molecular formula is C29H33N5O4S. The van der Waals surface area contributed by atoms with Crippen molar-refractivity contribution in [3.05, 3.63) is 65.2 Å². The number of aromatic nitrogens is 2. The first-order valence-electron chi connectivity index (χ1n) is 13.4. The Labute approximate surface area is 232 Å². The molecule has 39 heavy (non-hydrogen) atoms. The van der Waals surface area contributed by atoms with Crippen LogP contribution >= 0.6 is 11.3 Å². The molecule has 1 unspecified atom stereocenters. The Morgan fingerprint density at radius 2 is 1.64 bits per heavy atom. The van der Waals surface area contributed by atoms with E-state index < -0.39 is 0 Å². The van der Waals surface area contributed by atoms with Gasteiger partial charge in [-0.15, -0.1) is 11.3 Å². The minimum absolute atomic E-state index is 0.0555. The molecule has 4 heterocycles. The van der Waals surface area contributed by atoms with Gasteiger partial charge in [0.25, 0.3) is 5.91 Å². The molecule has 0 N–H and O–H groups in total. The molecule has 2 aromatic heterocycles. The van der Waals surface area contributed by atoms with Crippen molar-refractivity contribution in [3.63, 3.8) is 0 Å². The number of thiazole rings is 1. The quantitative estimate of drug-likeness (QED) is 0.468. The van der Waals surface area contributed by atoms with E-state index in [0.717, 1.165) is 16.3 Å². The Morgan fingerprint density at radius 1 is 0.923 bits per heavy atom. The SMILES string of the molecule is CC(=O)N1CCC(C(=O)N2CCC(c3nc(-c4ccncc4)cs3)N(C(=O)COc3ccccc3)CC2)CC1. The van der Waals surface area contributed by atoms with Crippen LogP contribution in [-0.4, -0.2) is 81.7 Å². The third-order valence-corrected chi connectivity index (χ3v) is 8.42. The van der Waals surface area contributed by atoms with E-state index in [1.807, 2.05) is 57.6 Å². The number of piperidine rings is 1. The number of carbonyl (C=O) groups excluding carboxylic acids is 3. The third-order valence-electron chi connectivity index (χ3n) is 7.47. The van der Waals surface area contributed by atoms with Crippen molar-refractivity contribution in [1.82, 2.24) is 24.7 Å². The minimum atomic E-state index is -0.255. The molecule has 0 aliphatic carbocycles. The lowest BCUT2D eigenvalue weighted by molar-refractivity contribution is -0.140. The number of para-hydroxylation sites is 1. The number of amides is 3. The number of nitrogens with zero attached hydrogens (tertiary/aromatic N) is 5. The highest BCUT2D eigenvalue weighted by Gasteiger charge is 2.35. The summed E-state index contributed by atoms with van der Waals surface area (Å²) in [6.07, 6.45) is 5.42. The lowest BCUT2D eigenvalue weighted by atomic mass is 9.95. The van der Waals surface area contributed by atoms with Gasteiger partial charge < -0.3 is 19.4 Å². The van der Waals surface area contributed by atoms with E-state index in [2.05, 4.69) is 4.98 Å². The standard InChI is InChI=1S/C29H33N5O4S/c1-21(35)32-14-9-23(10-15-32)29(37)33-16-11-26(28-31-25(20-39-28)22-7-12-30-13-8-22)34(18-17-33)27(36)19-38-24-5-3-2-4-6-24/h2-8,12-13,20,23,26H,9-11,14-19H2,1H3. The van der Waals surface area contributed by atoms with Crippen LogP contribution in [0.1, 0.15) is 37.2 Å². The lowest BCUT2D eigenvalue weighted by Crippen LogP contribution is -2.45. The Morgan fingerprint density at radius 3 is 2.36 bits per heavy atom. The lowest BCUT2D eigenvalue weighted by Gasteiger charge is -2.33. The van der Waals surface area contributed by atoms with Gasteiger partial charge in [0, 0.05) is 68.9 Å². The molecule has 0 bridgehead atoms. The van der Waals surface area contributed by atoms with Crippen molar-refractivity contribution >= 4 is 29.1 Å². The van der Waals surface area contributed by atoms with Crippen molar-refractivity contribution in [2.45, 2.75) is 32.2 Å². The van der Waals surface area contributed by atoms with Crippen LogP contribution in [0.25, 0.3) is 11.3 Å². The maximum absolute atomic E-state index is 13.5. The number of pyridine rings is 1. The van der Waals surface area contributed by atoms with E-state index in [4.69, 9.17) is 9.72 Å². The van der Waals surface area contributed by atoms with E-state index in [1.165, 1.54) is 11.3 Å². The Balaban J connectivity index is 1.32. The Bertz CT molecular complexity index is 1280. The second-order valence-electron chi connectivity index (χ2n) is 9.91. The highest BCUT2D eigenvalue weighted by atomic mass is 32.1. The number of ether oxygens (including phenoxy) is 1. The van der Waals surface area contributed by atoms with Gasteiger partial charge in [-0.3, -0.25) is 19.4 Å².